The molecule has 126 valence electrons. The molecule has 5 nitrogen and oxygen atoms in total. The van der Waals surface area contributed by atoms with Crippen molar-refractivity contribution in [1.29, 1.82) is 0 Å². The third kappa shape index (κ3) is 3.81. The molecule has 1 aromatic carbocycles. The van der Waals surface area contributed by atoms with Crippen molar-refractivity contribution < 1.29 is 14.0 Å². The molecule has 1 aliphatic rings. The van der Waals surface area contributed by atoms with Gasteiger partial charge in [0, 0.05) is 12.1 Å². The van der Waals surface area contributed by atoms with Crippen LogP contribution in [0.5, 0.6) is 0 Å². The summed E-state index contributed by atoms with van der Waals surface area (Å²) in [5.74, 6) is -0.991. The zero-order chi connectivity index (χ0) is 17.1. The first kappa shape index (κ1) is 17.0. The Morgan fingerprint density at radius 3 is 2.71 bits per heavy atom. The van der Waals surface area contributed by atoms with Crippen molar-refractivity contribution in [3.05, 3.63) is 40.7 Å². The maximum Gasteiger partial charge on any atom is 0.260 e. The Morgan fingerprint density at radius 1 is 1.29 bits per heavy atom. The van der Waals surface area contributed by atoms with E-state index in [-0.39, 0.29) is 17.1 Å². The van der Waals surface area contributed by atoms with Crippen LogP contribution in [0.25, 0.3) is 0 Å². The van der Waals surface area contributed by atoms with E-state index in [1.54, 1.807) is 0 Å². The lowest BCUT2D eigenvalue weighted by Gasteiger charge is -2.22. The van der Waals surface area contributed by atoms with Crippen molar-refractivity contribution in [3.8, 4) is 0 Å². The average molecular weight is 365 g/mol. The Bertz CT molecular complexity index is 748. The Morgan fingerprint density at radius 2 is 2.04 bits per heavy atom. The standard InChI is InChI=1S/C16H16FN3O2S2/c1-10-18-19-16(23-10)24-13-4-2-3-9-20(15(13)22)14(21)11-5-7-12(17)8-6-11/h5-8,13H,2-4,9H2,1H3/t13-/m0/s1. The molecule has 0 spiro atoms. The van der Waals surface area contributed by atoms with Crippen LogP contribution in [0.4, 0.5) is 4.39 Å². The van der Waals surface area contributed by atoms with E-state index in [0.29, 0.717) is 18.5 Å². The van der Waals surface area contributed by atoms with Crippen LogP contribution < -0.4 is 0 Å². The minimum absolute atomic E-state index is 0.209. The third-order valence-corrected chi connectivity index (χ3v) is 5.90. The summed E-state index contributed by atoms with van der Waals surface area (Å²) in [7, 11) is 0. The lowest BCUT2D eigenvalue weighted by Crippen LogP contribution is -2.41. The number of nitrogens with zero attached hydrogens (tertiary/aromatic N) is 3. The molecule has 0 bridgehead atoms. The lowest BCUT2D eigenvalue weighted by atomic mass is 10.2. The number of benzene rings is 1. The summed E-state index contributed by atoms with van der Waals surface area (Å²) in [6.45, 7) is 2.25. The molecule has 1 fully saturated rings. The van der Waals surface area contributed by atoms with Gasteiger partial charge in [-0.25, -0.2) is 4.39 Å². The van der Waals surface area contributed by atoms with Gasteiger partial charge >= 0.3 is 0 Å². The number of carbonyl (C=O) groups excluding carboxylic acids is 2. The monoisotopic (exact) mass is 365 g/mol. The minimum Gasteiger partial charge on any atom is -0.278 e. The summed E-state index contributed by atoms with van der Waals surface area (Å²) in [6.07, 6.45) is 2.34. The van der Waals surface area contributed by atoms with Gasteiger partial charge in [0.15, 0.2) is 4.34 Å². The van der Waals surface area contributed by atoms with E-state index in [4.69, 9.17) is 0 Å². The smallest absolute Gasteiger partial charge is 0.260 e. The number of aromatic nitrogens is 2. The van der Waals surface area contributed by atoms with Crippen molar-refractivity contribution in [1.82, 2.24) is 15.1 Å². The first-order valence-electron chi connectivity index (χ1n) is 7.62. The number of hydrogen-bond acceptors (Lipinski definition) is 6. The normalized spacial score (nSPS) is 18.5. The molecule has 0 aliphatic carbocycles. The van der Waals surface area contributed by atoms with Crippen LogP contribution in [0.3, 0.4) is 0 Å². The third-order valence-electron chi connectivity index (χ3n) is 3.73. The predicted molar refractivity (Wildman–Crippen MR) is 90.6 cm³/mol. The molecule has 1 atom stereocenters. The average Bonchev–Trinajstić information content (AvgIpc) is 2.89. The van der Waals surface area contributed by atoms with E-state index in [0.717, 1.165) is 22.2 Å². The highest BCUT2D eigenvalue weighted by Gasteiger charge is 2.32. The molecule has 2 amide bonds. The molecule has 24 heavy (non-hydrogen) atoms. The van der Waals surface area contributed by atoms with E-state index < -0.39 is 5.82 Å². The Kier molecular flexibility index (Phi) is 5.25. The van der Waals surface area contributed by atoms with E-state index in [1.165, 1.54) is 52.3 Å². The maximum absolute atomic E-state index is 13.0. The van der Waals surface area contributed by atoms with Crippen molar-refractivity contribution in [3.63, 3.8) is 0 Å². The van der Waals surface area contributed by atoms with Gasteiger partial charge in [0.05, 0.1) is 5.25 Å². The van der Waals surface area contributed by atoms with Crippen LogP contribution in [0.15, 0.2) is 28.6 Å². The van der Waals surface area contributed by atoms with E-state index in [1.807, 2.05) is 6.92 Å². The molecule has 0 radical (unpaired) electrons. The van der Waals surface area contributed by atoms with Gasteiger partial charge in [0.2, 0.25) is 5.91 Å². The first-order valence-corrected chi connectivity index (χ1v) is 9.32. The quantitative estimate of drug-likeness (QED) is 0.781. The molecule has 0 unspecified atom stereocenters. The van der Waals surface area contributed by atoms with Crippen LogP contribution in [-0.4, -0.2) is 38.7 Å². The number of aryl methyl sites for hydroxylation is 1. The van der Waals surface area contributed by atoms with E-state index in [9.17, 15) is 14.0 Å². The molecule has 1 aliphatic heterocycles. The van der Waals surface area contributed by atoms with E-state index in [2.05, 4.69) is 10.2 Å². The number of imide groups is 1. The molecule has 0 N–H and O–H groups in total. The Labute approximate surface area is 147 Å². The fourth-order valence-electron chi connectivity index (χ4n) is 2.51. The molecular weight excluding hydrogens is 349 g/mol. The van der Waals surface area contributed by atoms with E-state index >= 15 is 0 Å². The largest absolute Gasteiger partial charge is 0.278 e. The second kappa shape index (κ2) is 7.40. The first-order chi connectivity index (χ1) is 11.5. The Balaban J connectivity index is 1.78. The van der Waals surface area contributed by atoms with Gasteiger partial charge in [-0.3, -0.25) is 14.5 Å². The predicted octanol–water partition coefficient (Wildman–Crippen LogP) is 3.30. The lowest BCUT2D eigenvalue weighted by molar-refractivity contribution is -0.127. The van der Waals surface area contributed by atoms with Crippen LogP contribution in [0.2, 0.25) is 0 Å². The molecule has 2 heterocycles. The number of halogens is 1. The molecule has 8 heteroatoms. The number of carbonyl (C=O) groups is 2. The SMILES string of the molecule is Cc1nnc(S[C@H]2CCCCN(C(=O)c3ccc(F)cc3)C2=O)s1. The Hall–Kier alpha value is -1.80. The minimum atomic E-state index is -0.409. The summed E-state index contributed by atoms with van der Waals surface area (Å²) in [5.41, 5.74) is 0.321. The second-order valence-corrected chi connectivity index (χ2v) is 8.12. The van der Waals surface area contributed by atoms with Crippen LogP contribution in [-0.2, 0) is 4.79 Å². The number of thioether (sulfide) groups is 1. The summed E-state index contributed by atoms with van der Waals surface area (Å²) in [5, 5.41) is 8.51. The summed E-state index contributed by atoms with van der Waals surface area (Å²) in [4.78, 5) is 26.7. The second-order valence-electron chi connectivity index (χ2n) is 5.49. The van der Waals surface area contributed by atoms with Crippen molar-refractivity contribution >= 4 is 34.9 Å². The highest BCUT2D eigenvalue weighted by Crippen LogP contribution is 2.32. The number of hydrogen-bond donors (Lipinski definition) is 0. The van der Waals surface area contributed by atoms with Crippen LogP contribution in [0, 0.1) is 12.7 Å². The van der Waals surface area contributed by atoms with Crippen LogP contribution in [0.1, 0.15) is 34.6 Å². The fourth-order valence-corrected chi connectivity index (χ4v) is 4.68. The number of likely N-dealkylation sites (tertiary alicyclic amines) is 1. The number of amides is 2. The molecule has 0 saturated carbocycles. The summed E-state index contributed by atoms with van der Waals surface area (Å²) in [6, 6.07) is 5.27. The van der Waals surface area contributed by atoms with Gasteiger partial charge in [0.25, 0.3) is 5.91 Å². The molecule has 1 saturated heterocycles. The van der Waals surface area contributed by atoms with Crippen molar-refractivity contribution in [2.24, 2.45) is 0 Å². The molecule has 1 aromatic heterocycles. The van der Waals surface area contributed by atoms with Gasteiger partial charge in [-0.15, -0.1) is 10.2 Å². The highest BCUT2D eigenvalue weighted by molar-refractivity contribution is 8.02. The van der Waals surface area contributed by atoms with Gasteiger partial charge in [0.1, 0.15) is 10.8 Å². The van der Waals surface area contributed by atoms with Gasteiger partial charge in [-0.1, -0.05) is 29.5 Å². The zero-order valence-electron chi connectivity index (χ0n) is 13.1. The highest BCUT2D eigenvalue weighted by atomic mass is 32.2. The molecule has 3 rings (SSSR count). The summed E-state index contributed by atoms with van der Waals surface area (Å²) >= 11 is 2.81. The molecular formula is C16H16FN3O2S2. The van der Waals surface area contributed by atoms with Gasteiger partial charge in [-0.05, 0) is 44.0 Å². The van der Waals surface area contributed by atoms with Gasteiger partial charge in [-0.2, -0.15) is 0 Å². The fraction of sp³-hybridized carbons (Fsp3) is 0.375. The summed E-state index contributed by atoms with van der Waals surface area (Å²) < 4.78 is 13.8. The van der Waals surface area contributed by atoms with Crippen LogP contribution >= 0.6 is 23.1 Å². The molecule has 2 aromatic rings. The van der Waals surface area contributed by atoms with Crippen molar-refractivity contribution in [2.75, 3.05) is 6.54 Å². The number of rotatable bonds is 3. The maximum atomic E-state index is 13.0. The van der Waals surface area contributed by atoms with Gasteiger partial charge < -0.3 is 0 Å². The zero-order valence-corrected chi connectivity index (χ0v) is 14.7. The topological polar surface area (TPSA) is 63.2 Å². The van der Waals surface area contributed by atoms with Crippen molar-refractivity contribution in [2.45, 2.75) is 35.8 Å².